The SMILES string of the molecule is CCC(CNc1ccc2c(c1)OCO2)C(=O)OC. The molecule has 0 radical (unpaired) electrons. The molecule has 0 amide bonds. The van der Waals surface area contributed by atoms with Gasteiger partial charge >= 0.3 is 5.97 Å². The maximum Gasteiger partial charge on any atom is 0.310 e. The van der Waals surface area contributed by atoms with Gasteiger partial charge in [-0.2, -0.15) is 0 Å². The maximum atomic E-state index is 11.4. The second kappa shape index (κ2) is 5.62. The molecule has 1 aliphatic heterocycles. The van der Waals surface area contributed by atoms with E-state index in [-0.39, 0.29) is 18.7 Å². The Hall–Kier alpha value is -1.91. The first-order valence-electron chi connectivity index (χ1n) is 5.96. The minimum absolute atomic E-state index is 0.138. The van der Waals surface area contributed by atoms with Crippen molar-refractivity contribution in [3.63, 3.8) is 0 Å². The summed E-state index contributed by atoms with van der Waals surface area (Å²) in [5, 5.41) is 3.20. The maximum absolute atomic E-state index is 11.4. The van der Waals surface area contributed by atoms with Crippen LogP contribution in [0.2, 0.25) is 0 Å². The minimum atomic E-state index is -0.189. The molecule has 0 bridgehead atoms. The molecule has 1 heterocycles. The van der Waals surface area contributed by atoms with Crippen LogP contribution in [0.5, 0.6) is 11.5 Å². The van der Waals surface area contributed by atoms with Crippen molar-refractivity contribution in [3.8, 4) is 11.5 Å². The van der Waals surface area contributed by atoms with E-state index in [0.29, 0.717) is 6.54 Å². The molecule has 0 spiro atoms. The standard InChI is InChI=1S/C13H17NO4/c1-3-9(13(15)16-2)7-14-10-4-5-11-12(6-10)18-8-17-11/h4-6,9,14H,3,7-8H2,1-2H3. The lowest BCUT2D eigenvalue weighted by Crippen LogP contribution is -2.23. The van der Waals surface area contributed by atoms with Gasteiger partial charge in [0.15, 0.2) is 11.5 Å². The number of nitrogens with one attached hydrogen (secondary N) is 1. The molecule has 0 fully saturated rings. The number of carbonyl (C=O) groups excluding carboxylic acids is 1. The molecule has 1 aromatic rings. The van der Waals surface area contributed by atoms with Crippen molar-refractivity contribution in [2.24, 2.45) is 5.92 Å². The molecule has 0 saturated heterocycles. The van der Waals surface area contributed by atoms with E-state index in [1.165, 1.54) is 7.11 Å². The third-order valence-corrected chi connectivity index (χ3v) is 2.95. The highest BCUT2D eigenvalue weighted by Gasteiger charge is 2.17. The lowest BCUT2D eigenvalue weighted by atomic mass is 10.1. The molecule has 0 aliphatic carbocycles. The van der Waals surface area contributed by atoms with E-state index in [2.05, 4.69) is 5.32 Å². The van der Waals surface area contributed by atoms with Crippen molar-refractivity contribution >= 4 is 11.7 Å². The fourth-order valence-electron chi connectivity index (χ4n) is 1.81. The van der Waals surface area contributed by atoms with E-state index in [4.69, 9.17) is 14.2 Å². The first-order chi connectivity index (χ1) is 8.74. The van der Waals surface area contributed by atoms with Crippen LogP contribution in [-0.2, 0) is 9.53 Å². The van der Waals surface area contributed by atoms with Gasteiger partial charge in [0.05, 0.1) is 13.0 Å². The Kier molecular flexibility index (Phi) is 3.92. The first-order valence-corrected chi connectivity index (χ1v) is 5.96. The Morgan fingerprint density at radius 2 is 2.22 bits per heavy atom. The number of fused-ring (bicyclic) bond motifs is 1. The zero-order valence-corrected chi connectivity index (χ0v) is 10.6. The average molecular weight is 251 g/mol. The number of ether oxygens (including phenoxy) is 3. The Bertz CT molecular complexity index is 433. The van der Waals surface area contributed by atoms with E-state index >= 15 is 0 Å². The van der Waals surface area contributed by atoms with Crippen LogP contribution < -0.4 is 14.8 Å². The van der Waals surface area contributed by atoms with E-state index in [9.17, 15) is 4.79 Å². The molecule has 0 aromatic heterocycles. The smallest absolute Gasteiger partial charge is 0.310 e. The quantitative estimate of drug-likeness (QED) is 0.811. The van der Waals surface area contributed by atoms with Gasteiger partial charge in [0.1, 0.15) is 0 Å². The molecule has 1 aromatic carbocycles. The number of benzene rings is 1. The molecule has 5 nitrogen and oxygen atoms in total. The number of anilines is 1. The second-order valence-corrected chi connectivity index (χ2v) is 4.08. The van der Waals surface area contributed by atoms with Crippen LogP contribution in [-0.4, -0.2) is 26.4 Å². The number of rotatable bonds is 5. The van der Waals surface area contributed by atoms with Crippen LogP contribution in [0.15, 0.2) is 18.2 Å². The highest BCUT2D eigenvalue weighted by atomic mass is 16.7. The molecule has 18 heavy (non-hydrogen) atoms. The van der Waals surface area contributed by atoms with Crippen molar-refractivity contribution in [2.45, 2.75) is 13.3 Å². The van der Waals surface area contributed by atoms with Crippen LogP contribution in [0.1, 0.15) is 13.3 Å². The van der Waals surface area contributed by atoms with E-state index in [1.54, 1.807) is 0 Å². The normalized spacial score (nSPS) is 14.1. The highest BCUT2D eigenvalue weighted by molar-refractivity contribution is 5.73. The molecular formula is C13H17NO4. The fraction of sp³-hybridized carbons (Fsp3) is 0.462. The Morgan fingerprint density at radius 3 is 2.94 bits per heavy atom. The van der Waals surface area contributed by atoms with Crippen molar-refractivity contribution < 1.29 is 19.0 Å². The van der Waals surface area contributed by atoms with Gasteiger partial charge in [-0.15, -0.1) is 0 Å². The molecule has 1 aliphatic rings. The summed E-state index contributed by atoms with van der Waals surface area (Å²) in [7, 11) is 1.41. The largest absolute Gasteiger partial charge is 0.469 e. The topological polar surface area (TPSA) is 56.8 Å². The number of esters is 1. The van der Waals surface area contributed by atoms with Crippen LogP contribution >= 0.6 is 0 Å². The van der Waals surface area contributed by atoms with Crippen molar-refractivity contribution in [2.75, 3.05) is 25.8 Å². The minimum Gasteiger partial charge on any atom is -0.469 e. The molecule has 2 rings (SSSR count). The zero-order chi connectivity index (χ0) is 13.0. The first kappa shape index (κ1) is 12.5. The van der Waals surface area contributed by atoms with E-state index < -0.39 is 0 Å². The second-order valence-electron chi connectivity index (χ2n) is 4.08. The van der Waals surface area contributed by atoms with Crippen LogP contribution in [0.25, 0.3) is 0 Å². The lowest BCUT2D eigenvalue weighted by Gasteiger charge is -2.14. The van der Waals surface area contributed by atoms with Gasteiger partial charge < -0.3 is 19.5 Å². The average Bonchev–Trinajstić information content (AvgIpc) is 2.86. The predicted octanol–water partition coefficient (Wildman–Crippen LogP) is 2.03. The number of hydrogen-bond donors (Lipinski definition) is 1. The fourth-order valence-corrected chi connectivity index (χ4v) is 1.81. The molecule has 1 unspecified atom stereocenters. The van der Waals surface area contributed by atoms with Crippen LogP contribution in [0.3, 0.4) is 0 Å². The summed E-state index contributed by atoms with van der Waals surface area (Å²) in [4.78, 5) is 11.4. The lowest BCUT2D eigenvalue weighted by molar-refractivity contribution is -0.145. The van der Waals surface area contributed by atoms with Gasteiger partial charge in [0.25, 0.3) is 0 Å². The number of methoxy groups -OCH3 is 1. The van der Waals surface area contributed by atoms with E-state index in [1.807, 2.05) is 25.1 Å². The van der Waals surface area contributed by atoms with Gasteiger partial charge in [0.2, 0.25) is 6.79 Å². The van der Waals surface area contributed by atoms with Gasteiger partial charge in [-0.1, -0.05) is 6.92 Å². The monoisotopic (exact) mass is 251 g/mol. The molecular weight excluding hydrogens is 234 g/mol. The molecule has 1 N–H and O–H groups in total. The summed E-state index contributed by atoms with van der Waals surface area (Å²) in [6.45, 7) is 2.77. The Labute approximate surface area is 106 Å². The van der Waals surface area contributed by atoms with Gasteiger partial charge in [-0.3, -0.25) is 4.79 Å². The van der Waals surface area contributed by atoms with Gasteiger partial charge in [-0.25, -0.2) is 0 Å². The summed E-state index contributed by atoms with van der Waals surface area (Å²) in [6.07, 6.45) is 0.740. The third-order valence-electron chi connectivity index (χ3n) is 2.95. The number of hydrogen-bond acceptors (Lipinski definition) is 5. The number of carbonyl (C=O) groups is 1. The van der Waals surface area contributed by atoms with Crippen LogP contribution in [0.4, 0.5) is 5.69 Å². The summed E-state index contributed by atoms with van der Waals surface area (Å²) in [5.41, 5.74) is 0.904. The molecule has 0 saturated carbocycles. The summed E-state index contributed by atoms with van der Waals surface area (Å²) in [5.74, 6) is 1.15. The highest BCUT2D eigenvalue weighted by Crippen LogP contribution is 2.34. The van der Waals surface area contributed by atoms with Crippen molar-refractivity contribution in [3.05, 3.63) is 18.2 Å². The van der Waals surface area contributed by atoms with Gasteiger partial charge in [0, 0.05) is 18.3 Å². The zero-order valence-electron chi connectivity index (χ0n) is 10.6. The molecule has 98 valence electrons. The van der Waals surface area contributed by atoms with Gasteiger partial charge in [-0.05, 0) is 18.6 Å². The third kappa shape index (κ3) is 2.67. The van der Waals surface area contributed by atoms with Crippen molar-refractivity contribution in [1.82, 2.24) is 0 Å². The molecule has 1 atom stereocenters. The Morgan fingerprint density at radius 1 is 1.44 bits per heavy atom. The summed E-state index contributed by atoms with van der Waals surface area (Å²) < 4.78 is 15.3. The molecule has 5 heteroatoms. The predicted molar refractivity (Wildman–Crippen MR) is 66.9 cm³/mol. The van der Waals surface area contributed by atoms with Crippen molar-refractivity contribution in [1.29, 1.82) is 0 Å². The summed E-state index contributed by atoms with van der Waals surface area (Å²) >= 11 is 0. The van der Waals surface area contributed by atoms with E-state index in [0.717, 1.165) is 23.6 Å². The Balaban J connectivity index is 1.95. The van der Waals surface area contributed by atoms with Crippen LogP contribution in [0, 0.1) is 5.92 Å². The summed E-state index contributed by atoms with van der Waals surface area (Å²) in [6, 6.07) is 5.62.